The van der Waals surface area contributed by atoms with E-state index in [9.17, 15) is 4.79 Å². The van der Waals surface area contributed by atoms with Gasteiger partial charge in [-0.3, -0.25) is 4.79 Å². The van der Waals surface area contributed by atoms with Crippen LogP contribution < -0.4 is 20.1 Å². The number of fused-ring (bicyclic) bond motifs is 2. The minimum absolute atomic E-state index is 0.152. The Morgan fingerprint density at radius 1 is 1.12 bits per heavy atom. The lowest BCUT2D eigenvalue weighted by atomic mass is 9.65. The van der Waals surface area contributed by atoms with E-state index in [1.807, 2.05) is 41.3 Å². The maximum Gasteiger partial charge on any atom is 0.238 e. The standard InChI is InChI=1S/C26H33N3O3/c1-3-28-13-9-21(10-14-28)32-23-16-19(27)15-22-24(23)29(25(30)26(22)11-4-12-26)17-18-5-7-20(31-2)8-6-18/h5-8,15-16,21H,3-4,9-14,17,27H2,1-2H3. The summed E-state index contributed by atoms with van der Waals surface area (Å²) < 4.78 is 11.9. The van der Waals surface area contributed by atoms with Crippen molar-refractivity contribution in [3.8, 4) is 11.5 Å². The van der Waals surface area contributed by atoms with Crippen molar-refractivity contribution in [1.29, 1.82) is 0 Å². The minimum Gasteiger partial charge on any atom is -0.497 e. The first-order valence-electron chi connectivity index (χ1n) is 11.8. The summed E-state index contributed by atoms with van der Waals surface area (Å²) in [6.07, 6.45) is 4.98. The molecule has 5 rings (SSSR count). The lowest BCUT2D eigenvalue weighted by Gasteiger charge is -2.37. The van der Waals surface area contributed by atoms with Crippen molar-refractivity contribution in [2.45, 2.75) is 57.1 Å². The number of carbonyl (C=O) groups excluding carboxylic acids is 1. The van der Waals surface area contributed by atoms with Crippen LogP contribution in [0.2, 0.25) is 0 Å². The molecule has 2 fully saturated rings. The topological polar surface area (TPSA) is 68.0 Å². The zero-order valence-electron chi connectivity index (χ0n) is 19.1. The van der Waals surface area contributed by atoms with E-state index in [-0.39, 0.29) is 12.0 Å². The van der Waals surface area contributed by atoms with Gasteiger partial charge in [-0.05, 0) is 61.6 Å². The number of anilines is 2. The van der Waals surface area contributed by atoms with Crippen LogP contribution in [0.25, 0.3) is 0 Å². The Morgan fingerprint density at radius 3 is 2.44 bits per heavy atom. The van der Waals surface area contributed by atoms with Crippen LogP contribution in [0.15, 0.2) is 36.4 Å². The molecule has 0 atom stereocenters. The van der Waals surface area contributed by atoms with Crippen LogP contribution in [0.4, 0.5) is 11.4 Å². The molecule has 2 aliphatic heterocycles. The Hall–Kier alpha value is -2.73. The summed E-state index contributed by atoms with van der Waals surface area (Å²) in [6, 6.07) is 11.9. The van der Waals surface area contributed by atoms with Crippen LogP contribution in [0, 0.1) is 0 Å². The average Bonchev–Trinajstić information content (AvgIpc) is 3.02. The summed E-state index contributed by atoms with van der Waals surface area (Å²) in [5.41, 5.74) is 9.63. The molecule has 2 aromatic rings. The van der Waals surface area contributed by atoms with Crippen LogP contribution >= 0.6 is 0 Å². The normalized spacial score (nSPS) is 20.3. The van der Waals surface area contributed by atoms with Gasteiger partial charge in [-0.15, -0.1) is 0 Å². The van der Waals surface area contributed by atoms with E-state index < -0.39 is 5.41 Å². The van der Waals surface area contributed by atoms with E-state index in [1.54, 1.807) is 7.11 Å². The Labute approximate surface area is 190 Å². The smallest absolute Gasteiger partial charge is 0.238 e. The maximum absolute atomic E-state index is 13.7. The lowest BCUT2D eigenvalue weighted by molar-refractivity contribution is -0.126. The molecule has 1 spiro atoms. The molecular weight excluding hydrogens is 402 g/mol. The fraction of sp³-hybridized carbons (Fsp3) is 0.500. The maximum atomic E-state index is 13.7. The van der Waals surface area contributed by atoms with E-state index in [1.165, 1.54) is 0 Å². The molecule has 170 valence electrons. The highest BCUT2D eigenvalue weighted by Crippen LogP contribution is 2.57. The summed E-state index contributed by atoms with van der Waals surface area (Å²) in [4.78, 5) is 18.1. The Kier molecular flexibility index (Phi) is 5.49. The molecule has 2 heterocycles. The number of rotatable bonds is 6. The van der Waals surface area contributed by atoms with E-state index in [0.29, 0.717) is 12.2 Å². The lowest BCUT2D eigenvalue weighted by Crippen LogP contribution is -2.44. The second kappa shape index (κ2) is 8.32. The van der Waals surface area contributed by atoms with E-state index in [2.05, 4.69) is 11.8 Å². The minimum atomic E-state index is -0.430. The van der Waals surface area contributed by atoms with Gasteiger partial charge in [0.1, 0.15) is 17.6 Å². The second-order valence-electron chi connectivity index (χ2n) is 9.34. The van der Waals surface area contributed by atoms with Crippen molar-refractivity contribution in [1.82, 2.24) is 4.90 Å². The van der Waals surface area contributed by atoms with Gasteiger partial charge in [-0.25, -0.2) is 0 Å². The Balaban J connectivity index is 1.48. The molecule has 0 bridgehead atoms. The van der Waals surface area contributed by atoms with Crippen LogP contribution in [0.5, 0.6) is 11.5 Å². The molecule has 6 nitrogen and oxygen atoms in total. The summed E-state index contributed by atoms with van der Waals surface area (Å²) in [5, 5.41) is 0. The molecule has 32 heavy (non-hydrogen) atoms. The molecule has 1 saturated heterocycles. The van der Waals surface area contributed by atoms with Gasteiger partial charge in [0.05, 0.1) is 24.8 Å². The van der Waals surface area contributed by atoms with Crippen molar-refractivity contribution in [2.75, 3.05) is 37.4 Å². The number of methoxy groups -OCH3 is 1. The number of ether oxygens (including phenoxy) is 2. The van der Waals surface area contributed by atoms with Gasteiger partial charge in [0, 0.05) is 24.8 Å². The third-order valence-electron chi connectivity index (χ3n) is 7.52. The van der Waals surface area contributed by atoms with Crippen molar-refractivity contribution in [3.63, 3.8) is 0 Å². The summed E-state index contributed by atoms with van der Waals surface area (Å²) >= 11 is 0. The van der Waals surface area contributed by atoms with Gasteiger partial charge in [-0.1, -0.05) is 25.5 Å². The van der Waals surface area contributed by atoms with Crippen LogP contribution in [-0.4, -0.2) is 43.7 Å². The highest BCUT2D eigenvalue weighted by Gasteiger charge is 2.55. The van der Waals surface area contributed by atoms with E-state index in [4.69, 9.17) is 15.2 Å². The summed E-state index contributed by atoms with van der Waals surface area (Å²) in [7, 11) is 1.66. The first kappa shape index (κ1) is 21.1. The van der Waals surface area contributed by atoms with Crippen LogP contribution in [-0.2, 0) is 16.8 Å². The zero-order chi connectivity index (χ0) is 22.3. The number of amides is 1. The number of nitrogens with two attached hydrogens (primary N) is 1. The van der Waals surface area contributed by atoms with Gasteiger partial charge in [-0.2, -0.15) is 0 Å². The second-order valence-corrected chi connectivity index (χ2v) is 9.34. The number of piperidine rings is 1. The van der Waals surface area contributed by atoms with Crippen molar-refractivity contribution < 1.29 is 14.3 Å². The molecule has 3 aliphatic rings. The van der Waals surface area contributed by atoms with Gasteiger partial charge in [0.2, 0.25) is 5.91 Å². The third-order valence-corrected chi connectivity index (χ3v) is 7.52. The monoisotopic (exact) mass is 435 g/mol. The van der Waals surface area contributed by atoms with Gasteiger partial charge in [0.15, 0.2) is 0 Å². The molecule has 2 aromatic carbocycles. The molecular formula is C26H33N3O3. The van der Waals surface area contributed by atoms with Gasteiger partial charge in [0.25, 0.3) is 0 Å². The van der Waals surface area contributed by atoms with Gasteiger partial charge >= 0.3 is 0 Å². The quantitative estimate of drug-likeness (QED) is 0.692. The fourth-order valence-corrected chi connectivity index (χ4v) is 5.44. The highest BCUT2D eigenvalue weighted by atomic mass is 16.5. The average molecular weight is 436 g/mol. The largest absolute Gasteiger partial charge is 0.497 e. The molecule has 2 N–H and O–H groups in total. The third kappa shape index (κ3) is 3.51. The first-order chi connectivity index (χ1) is 15.5. The molecule has 0 radical (unpaired) electrons. The molecule has 0 unspecified atom stereocenters. The number of benzene rings is 2. The molecule has 1 amide bonds. The number of carbonyl (C=O) groups is 1. The first-order valence-corrected chi connectivity index (χ1v) is 11.8. The van der Waals surface area contributed by atoms with Crippen LogP contribution in [0.1, 0.15) is 50.2 Å². The zero-order valence-corrected chi connectivity index (χ0v) is 19.1. The number of likely N-dealkylation sites (tertiary alicyclic amines) is 1. The van der Waals surface area contributed by atoms with E-state index in [0.717, 1.165) is 80.1 Å². The van der Waals surface area contributed by atoms with Crippen molar-refractivity contribution >= 4 is 17.3 Å². The molecule has 1 saturated carbocycles. The number of nitrogen functional groups attached to an aromatic ring is 1. The van der Waals surface area contributed by atoms with E-state index >= 15 is 0 Å². The number of hydrogen-bond acceptors (Lipinski definition) is 5. The summed E-state index contributed by atoms with van der Waals surface area (Å²) in [6.45, 7) is 5.89. The van der Waals surface area contributed by atoms with Crippen molar-refractivity contribution in [2.24, 2.45) is 0 Å². The molecule has 1 aliphatic carbocycles. The summed E-state index contributed by atoms with van der Waals surface area (Å²) in [5.74, 6) is 1.76. The van der Waals surface area contributed by atoms with Crippen molar-refractivity contribution in [3.05, 3.63) is 47.5 Å². The van der Waals surface area contributed by atoms with Crippen LogP contribution in [0.3, 0.4) is 0 Å². The predicted molar refractivity (Wildman–Crippen MR) is 126 cm³/mol. The highest BCUT2D eigenvalue weighted by molar-refractivity contribution is 6.10. The Bertz CT molecular complexity index is 992. The number of nitrogens with zero attached hydrogens (tertiary/aromatic N) is 2. The fourth-order valence-electron chi connectivity index (χ4n) is 5.44. The molecule has 6 heteroatoms. The SMILES string of the molecule is CCN1CCC(Oc2cc(N)cc3c2N(Cc2ccc(OC)cc2)C(=O)C32CCC2)CC1. The number of hydrogen-bond donors (Lipinski definition) is 1. The van der Waals surface area contributed by atoms with Gasteiger partial charge < -0.3 is 25.0 Å². The predicted octanol–water partition coefficient (Wildman–Crippen LogP) is 4.11. The molecule has 0 aromatic heterocycles. The Morgan fingerprint density at radius 2 is 1.84 bits per heavy atom.